The zero-order valence-corrected chi connectivity index (χ0v) is 13.0. The summed E-state index contributed by atoms with van der Waals surface area (Å²) in [7, 11) is 2.20. The first-order valence-electron chi connectivity index (χ1n) is 6.42. The number of rotatable bonds is 6. The molecule has 0 fully saturated rings. The van der Waals surface area contributed by atoms with E-state index in [2.05, 4.69) is 66.8 Å². The van der Waals surface area contributed by atoms with Crippen molar-refractivity contribution in [2.24, 2.45) is 5.92 Å². The zero-order chi connectivity index (χ0) is 12.8. The normalized spacial score (nSPS) is 12.5. The maximum Gasteiger partial charge on any atom is 0.0393 e. The topological polar surface area (TPSA) is 3.24 Å². The Hall–Kier alpha value is -0.500. The van der Waals surface area contributed by atoms with Crippen molar-refractivity contribution in [1.82, 2.24) is 0 Å². The van der Waals surface area contributed by atoms with Crippen LogP contribution in [0.3, 0.4) is 0 Å². The van der Waals surface area contributed by atoms with E-state index in [-0.39, 0.29) is 0 Å². The summed E-state index contributed by atoms with van der Waals surface area (Å²) in [6.07, 6.45) is 2.55. The molecule has 0 aromatic heterocycles. The monoisotopic (exact) mass is 297 g/mol. The molecule has 0 saturated heterocycles. The number of hydrogen-bond acceptors (Lipinski definition) is 1. The van der Waals surface area contributed by atoms with Gasteiger partial charge < -0.3 is 4.90 Å². The van der Waals surface area contributed by atoms with Crippen LogP contribution in [-0.4, -0.2) is 18.9 Å². The maximum absolute atomic E-state index is 3.62. The van der Waals surface area contributed by atoms with Crippen molar-refractivity contribution in [1.29, 1.82) is 0 Å². The van der Waals surface area contributed by atoms with Crippen molar-refractivity contribution in [3.05, 3.63) is 29.3 Å². The molecule has 0 spiro atoms. The first kappa shape index (κ1) is 14.6. The van der Waals surface area contributed by atoms with Crippen molar-refractivity contribution in [2.45, 2.75) is 33.6 Å². The van der Waals surface area contributed by atoms with E-state index in [9.17, 15) is 0 Å². The third-order valence-electron chi connectivity index (χ3n) is 3.21. The summed E-state index contributed by atoms with van der Waals surface area (Å²) < 4.78 is 0. The second-order valence-electron chi connectivity index (χ2n) is 4.98. The Morgan fingerprint density at radius 1 is 1.29 bits per heavy atom. The fraction of sp³-hybridized carbons (Fsp3) is 0.600. The highest BCUT2D eigenvalue weighted by Gasteiger charge is 2.11. The second-order valence-corrected chi connectivity index (χ2v) is 5.63. The largest absolute Gasteiger partial charge is 0.374 e. The molecule has 0 bridgehead atoms. The lowest BCUT2D eigenvalue weighted by Gasteiger charge is -2.26. The summed E-state index contributed by atoms with van der Waals surface area (Å²) in [6, 6.07) is 6.69. The molecule has 0 aliphatic carbocycles. The molecule has 1 atom stereocenters. The first-order chi connectivity index (χ1) is 8.08. The van der Waals surface area contributed by atoms with Crippen LogP contribution in [0.2, 0.25) is 0 Å². The van der Waals surface area contributed by atoms with Crippen LogP contribution in [0.5, 0.6) is 0 Å². The minimum absolute atomic E-state index is 0.741. The summed E-state index contributed by atoms with van der Waals surface area (Å²) >= 11 is 3.62. The fourth-order valence-electron chi connectivity index (χ4n) is 2.34. The molecule has 0 aliphatic rings. The molecule has 96 valence electrons. The highest BCUT2D eigenvalue weighted by molar-refractivity contribution is 9.09. The average molecular weight is 298 g/mol. The van der Waals surface area contributed by atoms with Gasteiger partial charge in [0, 0.05) is 24.6 Å². The van der Waals surface area contributed by atoms with E-state index in [0.717, 1.165) is 17.8 Å². The van der Waals surface area contributed by atoms with Gasteiger partial charge in [-0.2, -0.15) is 0 Å². The van der Waals surface area contributed by atoms with Crippen LogP contribution < -0.4 is 4.90 Å². The first-order valence-corrected chi connectivity index (χ1v) is 7.55. The number of nitrogens with zero attached hydrogens (tertiary/aromatic N) is 1. The molecule has 1 rings (SSSR count). The fourth-order valence-corrected chi connectivity index (χ4v) is 2.87. The highest BCUT2D eigenvalue weighted by atomic mass is 79.9. The Morgan fingerprint density at radius 2 is 2.00 bits per heavy atom. The van der Waals surface area contributed by atoms with Crippen LogP contribution in [0.4, 0.5) is 5.69 Å². The standard InChI is InChI=1S/C15H24BrN/c1-5-6-14(10-16)11-17(4)15-8-7-12(2)9-13(15)3/h7-9,14H,5-6,10-11H2,1-4H3. The molecule has 0 N–H and O–H groups in total. The molecule has 1 aromatic carbocycles. The summed E-state index contributed by atoms with van der Waals surface area (Å²) in [5.41, 5.74) is 4.07. The Kier molecular flexibility index (Phi) is 6.04. The van der Waals surface area contributed by atoms with Crippen LogP contribution >= 0.6 is 15.9 Å². The Bertz CT molecular complexity index is 349. The predicted molar refractivity (Wildman–Crippen MR) is 81.4 cm³/mol. The predicted octanol–water partition coefficient (Wildman–Crippen LogP) is 4.55. The molecule has 2 heteroatoms. The Balaban J connectivity index is 2.71. The van der Waals surface area contributed by atoms with E-state index in [1.807, 2.05) is 0 Å². The molecule has 1 nitrogen and oxygen atoms in total. The van der Waals surface area contributed by atoms with Crippen LogP contribution in [0.1, 0.15) is 30.9 Å². The van der Waals surface area contributed by atoms with Gasteiger partial charge in [0.25, 0.3) is 0 Å². The Morgan fingerprint density at radius 3 is 2.53 bits per heavy atom. The molecule has 1 unspecified atom stereocenters. The molecule has 1 aromatic rings. The molecule has 0 amide bonds. The van der Waals surface area contributed by atoms with Gasteiger partial charge in [-0.05, 0) is 37.8 Å². The molecular weight excluding hydrogens is 274 g/mol. The van der Waals surface area contributed by atoms with Crippen molar-refractivity contribution in [3.8, 4) is 0 Å². The third kappa shape index (κ3) is 4.34. The van der Waals surface area contributed by atoms with E-state index >= 15 is 0 Å². The Labute approximate surface area is 114 Å². The van der Waals surface area contributed by atoms with Crippen LogP contribution in [-0.2, 0) is 0 Å². The van der Waals surface area contributed by atoms with Gasteiger partial charge in [-0.15, -0.1) is 0 Å². The molecule has 0 radical (unpaired) electrons. The minimum atomic E-state index is 0.741. The van der Waals surface area contributed by atoms with Crippen LogP contribution in [0.15, 0.2) is 18.2 Å². The zero-order valence-electron chi connectivity index (χ0n) is 11.5. The smallest absolute Gasteiger partial charge is 0.0393 e. The van der Waals surface area contributed by atoms with Gasteiger partial charge >= 0.3 is 0 Å². The summed E-state index contributed by atoms with van der Waals surface area (Å²) in [4.78, 5) is 2.39. The van der Waals surface area contributed by atoms with E-state index in [0.29, 0.717) is 0 Å². The molecule has 0 heterocycles. The molecule has 0 saturated carbocycles. The summed E-state index contributed by atoms with van der Waals surface area (Å²) in [6.45, 7) is 7.73. The minimum Gasteiger partial charge on any atom is -0.374 e. The van der Waals surface area contributed by atoms with Crippen molar-refractivity contribution < 1.29 is 0 Å². The molecule has 17 heavy (non-hydrogen) atoms. The van der Waals surface area contributed by atoms with E-state index in [1.165, 1.54) is 29.7 Å². The van der Waals surface area contributed by atoms with Gasteiger partial charge in [0.05, 0.1) is 0 Å². The number of alkyl halides is 1. The van der Waals surface area contributed by atoms with E-state index < -0.39 is 0 Å². The van der Waals surface area contributed by atoms with Crippen LogP contribution in [0, 0.1) is 19.8 Å². The van der Waals surface area contributed by atoms with Gasteiger partial charge in [0.1, 0.15) is 0 Å². The lowest BCUT2D eigenvalue weighted by Crippen LogP contribution is -2.26. The SMILES string of the molecule is CCCC(CBr)CN(C)c1ccc(C)cc1C. The summed E-state index contributed by atoms with van der Waals surface area (Å²) in [5.74, 6) is 0.741. The third-order valence-corrected chi connectivity index (χ3v) is 4.13. The van der Waals surface area contributed by atoms with Gasteiger partial charge in [-0.25, -0.2) is 0 Å². The van der Waals surface area contributed by atoms with Gasteiger partial charge in [-0.3, -0.25) is 0 Å². The number of aryl methyl sites for hydroxylation is 2. The lowest BCUT2D eigenvalue weighted by molar-refractivity contribution is 0.535. The van der Waals surface area contributed by atoms with Crippen LogP contribution in [0.25, 0.3) is 0 Å². The maximum atomic E-state index is 3.62. The highest BCUT2D eigenvalue weighted by Crippen LogP contribution is 2.22. The van der Waals surface area contributed by atoms with Gasteiger partial charge in [-0.1, -0.05) is 47.0 Å². The number of halogens is 1. The number of benzene rings is 1. The van der Waals surface area contributed by atoms with Gasteiger partial charge in [0.2, 0.25) is 0 Å². The lowest BCUT2D eigenvalue weighted by atomic mass is 10.0. The molecule has 0 aliphatic heterocycles. The van der Waals surface area contributed by atoms with Crippen molar-refractivity contribution in [3.63, 3.8) is 0 Å². The second kappa shape index (κ2) is 7.05. The van der Waals surface area contributed by atoms with E-state index in [1.54, 1.807) is 0 Å². The van der Waals surface area contributed by atoms with Crippen molar-refractivity contribution in [2.75, 3.05) is 23.8 Å². The summed E-state index contributed by atoms with van der Waals surface area (Å²) in [5, 5.41) is 1.09. The quantitative estimate of drug-likeness (QED) is 0.696. The van der Waals surface area contributed by atoms with E-state index in [4.69, 9.17) is 0 Å². The number of anilines is 1. The molecular formula is C15H24BrN. The van der Waals surface area contributed by atoms with Gasteiger partial charge in [0.15, 0.2) is 0 Å². The number of hydrogen-bond donors (Lipinski definition) is 0. The van der Waals surface area contributed by atoms with Crippen molar-refractivity contribution >= 4 is 21.6 Å². The average Bonchev–Trinajstić information content (AvgIpc) is 2.28.